The van der Waals surface area contributed by atoms with Crippen LogP contribution in [0.1, 0.15) is 385 Å². The quantitative estimate of drug-likeness (QED) is 0.00760. The van der Waals surface area contributed by atoms with Gasteiger partial charge in [0.25, 0.3) is 0 Å². The zero-order chi connectivity index (χ0) is 101. The summed E-state index contributed by atoms with van der Waals surface area (Å²) in [5.74, 6) is 7.93. The maximum atomic E-state index is 12.9. The molecular formula is C119H175F3N12O7. The number of esters is 1. The molecule has 4 saturated carbocycles. The Hall–Kier alpha value is -10.3. The van der Waals surface area contributed by atoms with Gasteiger partial charge in [-0.1, -0.05) is 291 Å². The van der Waals surface area contributed by atoms with E-state index in [0.29, 0.717) is 98.9 Å². The number of hydrogen-bond donors (Lipinski definition) is 8. The largest absolute Gasteiger partial charge is 0.494 e. The van der Waals surface area contributed by atoms with Crippen LogP contribution >= 0.6 is 0 Å². The van der Waals surface area contributed by atoms with Gasteiger partial charge in [-0.25, -0.2) is 4.79 Å². The number of aryl methyl sites for hydroxylation is 1. The second-order valence-corrected chi connectivity index (χ2v) is 42.8. The summed E-state index contributed by atoms with van der Waals surface area (Å²) in [4.78, 5) is 52.4. The maximum Gasteiger partial charge on any atom is 0.389 e. The highest BCUT2D eigenvalue weighted by atomic mass is 19.4. The first-order valence-corrected chi connectivity index (χ1v) is 54.7. The van der Waals surface area contributed by atoms with E-state index in [1.54, 1.807) is 84.9 Å². The minimum Gasteiger partial charge on any atom is -0.494 e. The molecule has 10 atom stereocenters. The molecule has 16 N–H and O–H groups in total. The minimum atomic E-state index is -4.00. The number of alkyl halides is 3. The molecule has 8 aromatic rings. The van der Waals surface area contributed by atoms with Crippen molar-refractivity contribution in [2.24, 2.45) is 58.2 Å². The number of ether oxygens (including phenoxy) is 4. The highest BCUT2D eigenvalue weighted by Gasteiger charge is 2.61. The predicted molar refractivity (Wildman–Crippen MR) is 579 cm³/mol. The van der Waals surface area contributed by atoms with Crippen molar-refractivity contribution in [1.29, 1.82) is 0 Å². The third-order valence-electron chi connectivity index (χ3n) is 31.2. The Morgan fingerprint density at radius 2 is 0.887 bits per heavy atom. The molecule has 1 saturated heterocycles. The summed E-state index contributed by atoms with van der Waals surface area (Å²) in [5.41, 5.74) is 59.1. The number of nitrogens with zero attached hydrogens (tertiary/aromatic N) is 4. The average Bonchev–Trinajstić information content (AvgIpc) is 1.60. The standard InChI is InChI=1S/C34H45F3N2O.C34H54N2O2.C31H45N5O2.C20H31N3O2/c1-26-32(27-14-18-29(38)19-15-27)24-31(25-33(26)28-16-20-30(39)21-17-28)40-23-13-11-9-7-5-3-2-4-6-8-10-12-22-34(35,36)37;1-21(2)7-6-8-22(3)29-11-12-30-28-10-9-24-19-27(38-32(37)23-17-25(35)20-26(36)18-23)13-15-33(24,4)31(28)14-16-34(29,30)5;1-2-3-4-5-6-7-8-9-10-11-12-13-14-15-16-29-34-30(37-27-21-17-25(32)18-22-27)36-31(35-29)38-28-23-19-26(33)20-24-28;1-2-3-4-5-6-7-8-9-10-15-11-19(24)23(20(15)25)18-13-16(21)12-17(22)14-18/h14-21,24-25H,2-13,22-23,38-39H2,1H3;17-18,20-22,24,27-31H,6-16,19,35-36H2,1-5H3;17-24H,2-16,32-33H2,1H3;12-15H,2-11,21-22H2,1H3. The van der Waals surface area contributed by atoms with Crippen LogP contribution in [0.5, 0.6) is 29.3 Å². The van der Waals surface area contributed by atoms with E-state index >= 15 is 0 Å². The van der Waals surface area contributed by atoms with Crippen LogP contribution in [0.4, 0.5) is 64.4 Å². The van der Waals surface area contributed by atoms with Crippen molar-refractivity contribution < 1.29 is 46.5 Å². The van der Waals surface area contributed by atoms with E-state index in [1.807, 2.05) is 48.5 Å². The first-order valence-electron chi connectivity index (χ1n) is 54.7. The highest BCUT2D eigenvalue weighted by Crippen LogP contribution is 2.69. The van der Waals surface area contributed by atoms with Crippen LogP contribution in [0, 0.1) is 65.1 Å². The summed E-state index contributed by atoms with van der Waals surface area (Å²) in [7, 11) is 0. The van der Waals surface area contributed by atoms with Gasteiger partial charge in [-0.3, -0.25) is 14.5 Å². The van der Waals surface area contributed by atoms with Crippen molar-refractivity contribution in [3.63, 3.8) is 0 Å². The van der Waals surface area contributed by atoms with Gasteiger partial charge in [0.2, 0.25) is 11.8 Å². The average molecular weight is 1940 g/mol. The third-order valence-corrected chi connectivity index (χ3v) is 31.2. The van der Waals surface area contributed by atoms with Gasteiger partial charge in [0.1, 0.15) is 29.2 Å². The lowest BCUT2D eigenvalue weighted by atomic mass is 9.44. The van der Waals surface area contributed by atoms with E-state index in [0.717, 1.165) is 158 Å². The van der Waals surface area contributed by atoms with Gasteiger partial charge in [-0.05, 0) is 292 Å². The molecule has 2 heterocycles. The number of halogens is 3. The molecule has 5 aliphatic rings. The van der Waals surface area contributed by atoms with E-state index in [9.17, 15) is 27.6 Å². The van der Waals surface area contributed by atoms with Gasteiger partial charge >= 0.3 is 24.2 Å². The first-order chi connectivity index (χ1) is 67.9. The van der Waals surface area contributed by atoms with Crippen LogP contribution in [0.15, 0.2) is 146 Å². The monoisotopic (exact) mass is 1940 g/mol. The fraction of sp³-hybridized carbons (Fsp3) is 0.597. The van der Waals surface area contributed by atoms with E-state index in [4.69, 9.17) is 64.8 Å². The number of hydrogen-bond acceptors (Lipinski definition) is 18. The molecular weight excluding hydrogens is 1770 g/mol. The zero-order valence-corrected chi connectivity index (χ0v) is 87.0. The summed E-state index contributed by atoms with van der Waals surface area (Å²) < 4.78 is 60.5. The van der Waals surface area contributed by atoms with Gasteiger partial charge in [-0.2, -0.15) is 23.1 Å². The van der Waals surface area contributed by atoms with E-state index in [2.05, 4.69) is 82.5 Å². The Labute approximate surface area is 843 Å². The number of fused-ring (bicyclic) bond motifs is 5. The summed E-state index contributed by atoms with van der Waals surface area (Å²) in [6.07, 6.45) is 53.7. The minimum absolute atomic E-state index is 0.0104. The second-order valence-electron chi connectivity index (χ2n) is 42.8. The summed E-state index contributed by atoms with van der Waals surface area (Å²) >= 11 is 0. The van der Waals surface area contributed by atoms with Crippen molar-refractivity contribution in [2.45, 2.75) is 389 Å². The van der Waals surface area contributed by atoms with Crippen LogP contribution in [-0.2, 0) is 20.7 Å². The Kier molecular flexibility index (Phi) is 46.8. The number of anilines is 9. The molecule has 2 amide bonds. The van der Waals surface area contributed by atoms with Crippen LogP contribution < -0.4 is 65.0 Å². The number of aromatic nitrogens is 3. The van der Waals surface area contributed by atoms with Crippen molar-refractivity contribution in [2.75, 3.05) is 57.4 Å². The normalized spacial score (nSPS) is 19.9. The maximum absolute atomic E-state index is 12.9. The molecule has 0 bridgehead atoms. The van der Waals surface area contributed by atoms with E-state index in [1.165, 1.54) is 222 Å². The molecule has 5 fully saturated rings. The SMILES string of the molecule is CC(C)CCCC(C)C1CCC2C3CCC4CC(OC(=O)c5cc(N)cc(N)c5)CCC4(C)C3CCC12C.CCCCCCCCCCC1CC(=O)N(c2cc(N)cc(N)c2)C1=O.CCCCCCCCCCCCCCCCc1nc(Oc2ccc(N)cc2)nc(Oc2ccc(N)cc2)n1.Cc1c(-c2ccc(N)cc2)cc(OCCCCCCCCCCCCCCC(F)(F)F)cc1-c1ccc(N)cc1. The molecule has 0 radical (unpaired) electrons. The van der Waals surface area contributed by atoms with Crippen molar-refractivity contribution in [3.05, 3.63) is 163 Å². The summed E-state index contributed by atoms with van der Waals surface area (Å²) in [5, 5.41) is 0. The molecule has 13 rings (SSSR count). The van der Waals surface area contributed by atoms with Gasteiger partial charge in [0.05, 0.1) is 17.9 Å². The van der Waals surface area contributed by atoms with E-state index in [-0.39, 0.29) is 48.2 Å². The van der Waals surface area contributed by atoms with Crippen LogP contribution in [0.3, 0.4) is 0 Å². The van der Waals surface area contributed by atoms with Crippen molar-refractivity contribution in [1.82, 2.24) is 15.0 Å². The van der Waals surface area contributed by atoms with Gasteiger partial charge in [0.15, 0.2) is 0 Å². The topological polar surface area (TPSA) is 338 Å². The number of imide groups is 1. The molecule has 22 heteroatoms. The number of nitrogens with two attached hydrogens (primary N) is 8. The summed E-state index contributed by atoms with van der Waals surface area (Å²) in [6.45, 7) is 19.9. The Morgan fingerprint density at radius 3 is 1.36 bits per heavy atom. The zero-order valence-electron chi connectivity index (χ0n) is 87.0. The molecule has 7 aromatic carbocycles. The summed E-state index contributed by atoms with van der Waals surface area (Å²) in [6, 6.07) is 44.7. The van der Waals surface area contributed by atoms with Gasteiger partial charge in [0, 0.05) is 70.7 Å². The Balaban J connectivity index is 0.000000196. The number of carbonyl (C=O) groups excluding carboxylic acids is 3. The molecule has 19 nitrogen and oxygen atoms in total. The number of unbranched alkanes of at least 4 members (excludes halogenated alkanes) is 31. The fourth-order valence-electron chi connectivity index (χ4n) is 23.3. The molecule has 10 unspecified atom stereocenters. The Bertz CT molecular complexity index is 4850. The first kappa shape index (κ1) is 113. The third kappa shape index (κ3) is 37.1. The molecule has 0 spiro atoms. The number of carbonyl (C=O) groups is 3. The molecule has 774 valence electrons. The number of amides is 2. The van der Waals surface area contributed by atoms with Crippen molar-refractivity contribution >= 4 is 69.0 Å². The second kappa shape index (κ2) is 58.5. The van der Waals surface area contributed by atoms with E-state index < -0.39 is 12.6 Å². The predicted octanol–water partition coefficient (Wildman–Crippen LogP) is 31.9. The van der Waals surface area contributed by atoms with Crippen molar-refractivity contribution in [3.8, 4) is 51.5 Å². The Morgan fingerprint density at radius 1 is 0.454 bits per heavy atom. The smallest absolute Gasteiger partial charge is 0.389 e. The molecule has 1 aliphatic heterocycles. The number of nitrogen functional groups attached to an aromatic ring is 8. The molecule has 4 aliphatic carbocycles. The van der Waals surface area contributed by atoms with Gasteiger partial charge < -0.3 is 64.8 Å². The lowest BCUT2D eigenvalue weighted by molar-refractivity contribution is -0.135. The number of rotatable bonds is 53. The highest BCUT2D eigenvalue weighted by molar-refractivity contribution is 6.21. The van der Waals surface area contributed by atoms with Crippen LogP contribution in [-0.4, -0.2) is 51.6 Å². The molecule has 1 aromatic heterocycles. The lowest BCUT2D eigenvalue weighted by Crippen LogP contribution is -2.54. The number of benzene rings is 7. The van der Waals surface area contributed by atoms with Crippen LogP contribution in [0.2, 0.25) is 0 Å². The fourth-order valence-corrected chi connectivity index (χ4v) is 23.3. The van der Waals surface area contributed by atoms with Gasteiger partial charge in [-0.15, -0.1) is 4.98 Å². The van der Waals surface area contributed by atoms with Crippen LogP contribution in [0.25, 0.3) is 22.3 Å². The lowest BCUT2D eigenvalue weighted by Gasteiger charge is -2.61. The molecule has 141 heavy (non-hydrogen) atoms.